The van der Waals surface area contributed by atoms with Gasteiger partial charge in [-0.15, -0.1) is 23.1 Å². The number of aromatic nitrogens is 3. The van der Waals surface area contributed by atoms with Gasteiger partial charge in [0.1, 0.15) is 29.1 Å². The number of fused-ring (bicyclic) bond motifs is 1. The van der Waals surface area contributed by atoms with E-state index < -0.39 is 41.5 Å². The molecule has 34 heavy (non-hydrogen) atoms. The monoisotopic (exact) mass is 549 g/mol. The molecule has 2 atom stereocenters. The summed E-state index contributed by atoms with van der Waals surface area (Å²) in [6.07, 6.45) is 1.39. The summed E-state index contributed by atoms with van der Waals surface area (Å²) >= 11 is 4.68. The molecule has 1 fully saturated rings. The van der Waals surface area contributed by atoms with Crippen LogP contribution in [0.3, 0.4) is 0 Å². The van der Waals surface area contributed by atoms with Crippen LogP contribution < -0.4 is 11.1 Å². The lowest BCUT2D eigenvalue weighted by atomic mass is 10.0. The Morgan fingerprint density at radius 2 is 2.26 bits per heavy atom. The zero-order valence-corrected chi connectivity index (χ0v) is 19.8. The van der Waals surface area contributed by atoms with Crippen LogP contribution in [0.2, 0.25) is 0 Å². The summed E-state index contributed by atoms with van der Waals surface area (Å²) in [6, 6.07) is -1.10. The van der Waals surface area contributed by atoms with Gasteiger partial charge in [0, 0.05) is 16.9 Å². The number of carboxylic acid groups (broad SMARTS) is 1. The molecule has 2 amide bonds. The fraction of sp³-hybridized carbons (Fsp3) is 0.312. The third-order valence-corrected chi connectivity index (χ3v) is 8.35. The number of rotatable bonds is 9. The summed E-state index contributed by atoms with van der Waals surface area (Å²) < 4.78 is 29.5. The SMILES string of the molecule is Nc1nc(C(=NOC(F)F)C(=O)NC2C(=O)N3C(C(=O)O)=C(CSc4ncns4)CS[C@@H]23)cs1. The molecule has 0 radical (unpaired) electrons. The number of oxime groups is 1. The first-order valence-corrected chi connectivity index (χ1v) is 12.8. The number of alkyl halides is 2. The minimum Gasteiger partial charge on any atom is -0.477 e. The van der Waals surface area contributed by atoms with E-state index >= 15 is 0 Å². The van der Waals surface area contributed by atoms with Crippen LogP contribution in [-0.4, -0.2) is 77.4 Å². The van der Waals surface area contributed by atoms with Crippen molar-refractivity contribution < 1.29 is 33.1 Å². The minimum absolute atomic E-state index is 0.0662. The van der Waals surface area contributed by atoms with Crippen molar-refractivity contribution in [2.24, 2.45) is 5.16 Å². The minimum atomic E-state index is -3.28. The number of nitrogens with zero attached hydrogens (tertiary/aromatic N) is 5. The van der Waals surface area contributed by atoms with Crippen LogP contribution in [0.1, 0.15) is 5.69 Å². The highest BCUT2D eigenvalue weighted by Gasteiger charge is 2.54. The van der Waals surface area contributed by atoms with Crippen molar-refractivity contribution in [3.63, 3.8) is 0 Å². The van der Waals surface area contributed by atoms with Crippen LogP contribution >= 0.6 is 46.4 Å². The zero-order valence-electron chi connectivity index (χ0n) is 16.6. The highest BCUT2D eigenvalue weighted by molar-refractivity contribution is 8.01. The highest BCUT2D eigenvalue weighted by Crippen LogP contribution is 2.41. The van der Waals surface area contributed by atoms with Gasteiger partial charge in [0.2, 0.25) is 0 Å². The molecule has 2 aromatic rings. The molecule has 18 heteroatoms. The first kappa shape index (κ1) is 24.3. The molecule has 0 aliphatic carbocycles. The number of hydrogen-bond donors (Lipinski definition) is 3. The van der Waals surface area contributed by atoms with Gasteiger partial charge in [0.15, 0.2) is 15.2 Å². The van der Waals surface area contributed by atoms with Gasteiger partial charge in [-0.1, -0.05) is 16.9 Å². The van der Waals surface area contributed by atoms with Gasteiger partial charge in [0.05, 0.1) is 0 Å². The Balaban J connectivity index is 1.50. The van der Waals surface area contributed by atoms with Gasteiger partial charge < -0.3 is 21.0 Å². The number of carboxylic acids is 1. The number of halogens is 2. The van der Waals surface area contributed by atoms with Gasteiger partial charge in [0.25, 0.3) is 11.8 Å². The molecule has 0 aromatic carbocycles. The number of thioether (sulfide) groups is 2. The molecule has 4 N–H and O–H groups in total. The number of carbonyl (C=O) groups is 3. The second kappa shape index (κ2) is 10.2. The van der Waals surface area contributed by atoms with Crippen molar-refractivity contribution in [2.75, 3.05) is 17.2 Å². The lowest BCUT2D eigenvalue weighted by molar-refractivity contribution is -0.150. The molecule has 0 bridgehead atoms. The second-order valence-corrected chi connectivity index (χ2v) is 10.5. The highest BCUT2D eigenvalue weighted by atomic mass is 32.2. The lowest BCUT2D eigenvalue weighted by Gasteiger charge is -2.49. The Morgan fingerprint density at radius 3 is 2.88 bits per heavy atom. The van der Waals surface area contributed by atoms with E-state index in [4.69, 9.17) is 5.73 Å². The van der Waals surface area contributed by atoms with E-state index in [1.807, 2.05) is 0 Å². The van der Waals surface area contributed by atoms with E-state index in [0.717, 1.165) is 16.2 Å². The summed E-state index contributed by atoms with van der Waals surface area (Å²) in [5, 5.41) is 16.0. The van der Waals surface area contributed by atoms with Crippen LogP contribution in [0.4, 0.5) is 13.9 Å². The van der Waals surface area contributed by atoms with E-state index in [-0.39, 0.29) is 16.5 Å². The fourth-order valence-electron chi connectivity index (χ4n) is 3.07. The summed E-state index contributed by atoms with van der Waals surface area (Å²) in [5.41, 5.74) is 5.20. The number of thiazole rings is 1. The number of nitrogens with one attached hydrogen (secondary N) is 1. The zero-order chi connectivity index (χ0) is 24.4. The smallest absolute Gasteiger partial charge is 0.407 e. The average molecular weight is 550 g/mol. The van der Waals surface area contributed by atoms with Crippen LogP contribution in [-0.2, 0) is 19.2 Å². The van der Waals surface area contributed by atoms with Gasteiger partial charge >= 0.3 is 12.6 Å². The summed E-state index contributed by atoms with van der Waals surface area (Å²) in [4.78, 5) is 50.3. The Kier molecular flexibility index (Phi) is 7.29. The maximum absolute atomic E-state index is 12.8. The van der Waals surface area contributed by atoms with E-state index in [1.54, 1.807) is 0 Å². The van der Waals surface area contributed by atoms with E-state index in [1.165, 1.54) is 46.8 Å². The van der Waals surface area contributed by atoms with Crippen molar-refractivity contribution in [1.82, 2.24) is 24.6 Å². The van der Waals surface area contributed by atoms with E-state index in [0.29, 0.717) is 21.4 Å². The molecule has 180 valence electrons. The summed E-state index contributed by atoms with van der Waals surface area (Å²) in [6.45, 7) is -3.28. The Morgan fingerprint density at radius 1 is 1.47 bits per heavy atom. The Hall–Kier alpha value is -2.83. The molecular weight excluding hydrogens is 536 g/mol. The van der Waals surface area contributed by atoms with Crippen molar-refractivity contribution in [3.05, 3.63) is 28.7 Å². The number of nitrogens with two attached hydrogens (primary N) is 1. The molecule has 1 unspecified atom stereocenters. The normalized spacial score (nSPS) is 20.3. The van der Waals surface area contributed by atoms with Crippen LogP contribution in [0.5, 0.6) is 0 Å². The standard InChI is InChI=1S/C16H13F2N7O5S4/c17-14(18)30-24-7(6-3-32-15(19)22-6)10(26)23-8-11(27)25-9(13(28)29)5(1-31-12(8)25)2-33-16-20-4-21-34-16/h3-4,8,12,14H,1-2H2,(H2,19,22)(H,23,26)(H,28,29)/t8?,12-/m0/s1. The van der Waals surface area contributed by atoms with Crippen molar-refractivity contribution in [1.29, 1.82) is 0 Å². The maximum atomic E-state index is 12.8. The first-order valence-electron chi connectivity index (χ1n) is 9.10. The molecular formula is C16H13F2N7O5S4. The van der Waals surface area contributed by atoms with Gasteiger partial charge in [-0.25, -0.2) is 14.8 Å². The molecule has 0 saturated carbocycles. The molecule has 2 aromatic heterocycles. The first-order chi connectivity index (χ1) is 16.3. The number of amides is 2. The second-order valence-electron chi connectivity index (χ2n) is 6.49. The van der Waals surface area contributed by atoms with E-state index in [2.05, 4.69) is 29.7 Å². The Bertz CT molecular complexity index is 1170. The Labute approximate surface area is 205 Å². The third kappa shape index (κ3) is 4.98. The van der Waals surface area contributed by atoms with Crippen LogP contribution in [0.25, 0.3) is 0 Å². The molecule has 1 saturated heterocycles. The van der Waals surface area contributed by atoms with Gasteiger partial charge in [-0.05, 0) is 17.1 Å². The number of nitrogen functional groups attached to an aromatic ring is 1. The molecule has 4 rings (SSSR count). The van der Waals surface area contributed by atoms with E-state index in [9.17, 15) is 28.3 Å². The maximum Gasteiger partial charge on any atom is 0.407 e. The number of carbonyl (C=O) groups excluding carboxylic acids is 2. The van der Waals surface area contributed by atoms with Gasteiger partial charge in [-0.2, -0.15) is 13.2 Å². The molecule has 12 nitrogen and oxygen atoms in total. The fourth-order valence-corrected chi connectivity index (χ4v) is 6.55. The third-order valence-electron chi connectivity index (χ3n) is 4.45. The van der Waals surface area contributed by atoms with Crippen LogP contribution in [0, 0.1) is 0 Å². The number of aliphatic carboxylic acids is 1. The summed E-state index contributed by atoms with van der Waals surface area (Å²) in [7, 11) is 0. The topological polar surface area (TPSA) is 173 Å². The lowest BCUT2D eigenvalue weighted by Crippen LogP contribution is -2.71. The average Bonchev–Trinajstić information content (AvgIpc) is 3.47. The van der Waals surface area contributed by atoms with Gasteiger partial charge in [-0.3, -0.25) is 14.5 Å². The van der Waals surface area contributed by atoms with Crippen LogP contribution in [0.15, 0.2) is 32.5 Å². The van der Waals surface area contributed by atoms with Crippen molar-refractivity contribution in [2.45, 2.75) is 22.4 Å². The molecule has 0 spiro atoms. The largest absolute Gasteiger partial charge is 0.477 e. The predicted octanol–water partition coefficient (Wildman–Crippen LogP) is 1.05. The number of hydrogen-bond acceptors (Lipinski definition) is 13. The molecule has 4 heterocycles. The quantitative estimate of drug-likeness (QED) is 0.177. The number of anilines is 1. The number of β-lactam (4-membered cyclic amide) rings is 1. The summed E-state index contributed by atoms with van der Waals surface area (Å²) in [5.74, 6) is -2.34. The van der Waals surface area contributed by atoms with Crippen molar-refractivity contribution in [3.8, 4) is 0 Å². The van der Waals surface area contributed by atoms with Crippen molar-refractivity contribution >= 4 is 75.0 Å². The molecule has 2 aliphatic heterocycles. The molecule has 2 aliphatic rings. The predicted molar refractivity (Wildman–Crippen MR) is 120 cm³/mol.